The molecule has 1 aliphatic rings. The Kier molecular flexibility index (Phi) is 4.02. The van der Waals surface area contributed by atoms with Crippen molar-refractivity contribution in [2.45, 2.75) is 25.8 Å². The number of hydrogen-bond acceptors (Lipinski definition) is 2. The summed E-state index contributed by atoms with van der Waals surface area (Å²) in [4.78, 5) is 0. The van der Waals surface area contributed by atoms with E-state index in [-0.39, 0.29) is 17.8 Å². The molecule has 2 N–H and O–H groups in total. The van der Waals surface area contributed by atoms with Crippen LogP contribution in [0.2, 0.25) is 5.02 Å². The van der Waals surface area contributed by atoms with Gasteiger partial charge in [-0.1, -0.05) is 17.7 Å². The van der Waals surface area contributed by atoms with E-state index in [2.05, 4.69) is 0 Å². The second kappa shape index (κ2) is 5.34. The van der Waals surface area contributed by atoms with Crippen molar-refractivity contribution in [3.63, 3.8) is 0 Å². The molecule has 1 heterocycles. The zero-order chi connectivity index (χ0) is 12.4. The van der Waals surface area contributed by atoms with E-state index in [0.717, 1.165) is 12.8 Å². The molecule has 1 aliphatic heterocycles. The Bertz CT molecular complexity index is 405. The summed E-state index contributed by atoms with van der Waals surface area (Å²) in [5.41, 5.74) is 7.21. The molecule has 0 aliphatic carbocycles. The molecule has 0 bridgehead atoms. The lowest BCUT2D eigenvalue weighted by Crippen LogP contribution is -2.28. The van der Waals surface area contributed by atoms with Gasteiger partial charge in [0.25, 0.3) is 0 Å². The number of ether oxygens (including phenoxy) is 1. The minimum absolute atomic E-state index is 0.248. The second-order valence-electron chi connectivity index (χ2n) is 4.57. The predicted octanol–water partition coefficient (Wildman–Crippen LogP) is 3.21. The largest absolute Gasteiger partial charge is 0.381 e. The van der Waals surface area contributed by atoms with Gasteiger partial charge in [-0.05, 0) is 37.3 Å². The lowest BCUT2D eigenvalue weighted by Gasteiger charge is -2.28. The van der Waals surface area contributed by atoms with Crippen molar-refractivity contribution in [1.82, 2.24) is 0 Å². The third kappa shape index (κ3) is 2.62. The molecule has 0 saturated carbocycles. The average Bonchev–Trinajstić information content (AvgIpc) is 2.35. The van der Waals surface area contributed by atoms with E-state index in [1.54, 1.807) is 19.1 Å². The average molecular weight is 258 g/mol. The molecule has 0 spiro atoms. The highest BCUT2D eigenvalue weighted by atomic mass is 35.5. The van der Waals surface area contributed by atoms with Gasteiger partial charge >= 0.3 is 0 Å². The summed E-state index contributed by atoms with van der Waals surface area (Å²) >= 11 is 6.06. The van der Waals surface area contributed by atoms with Gasteiger partial charge in [0.2, 0.25) is 0 Å². The lowest BCUT2D eigenvalue weighted by atomic mass is 9.87. The summed E-state index contributed by atoms with van der Waals surface area (Å²) < 4.78 is 19.4. The van der Waals surface area contributed by atoms with Crippen molar-refractivity contribution in [3.8, 4) is 0 Å². The quantitative estimate of drug-likeness (QED) is 0.883. The normalized spacial score (nSPS) is 19.3. The fourth-order valence-electron chi connectivity index (χ4n) is 2.29. The number of halogens is 2. The lowest BCUT2D eigenvalue weighted by molar-refractivity contribution is 0.0580. The van der Waals surface area contributed by atoms with Crippen molar-refractivity contribution in [2.24, 2.45) is 11.7 Å². The highest BCUT2D eigenvalue weighted by Crippen LogP contribution is 2.34. The molecule has 0 radical (unpaired) electrons. The summed E-state index contributed by atoms with van der Waals surface area (Å²) in [6.07, 6.45) is 1.73. The fraction of sp³-hybridized carbons (Fsp3) is 0.538. The number of hydrogen-bond donors (Lipinski definition) is 1. The van der Waals surface area contributed by atoms with Crippen LogP contribution in [-0.4, -0.2) is 13.2 Å². The fourth-order valence-corrected chi connectivity index (χ4v) is 2.57. The molecular weight excluding hydrogens is 241 g/mol. The number of benzene rings is 1. The molecule has 1 fully saturated rings. The minimum Gasteiger partial charge on any atom is -0.381 e. The van der Waals surface area contributed by atoms with Crippen LogP contribution < -0.4 is 5.73 Å². The SMILES string of the molecule is Cc1ccc(Cl)c([C@@H](N)C2CCOCC2)c1F. The molecule has 1 aromatic carbocycles. The highest BCUT2D eigenvalue weighted by molar-refractivity contribution is 6.31. The first kappa shape index (κ1) is 12.8. The highest BCUT2D eigenvalue weighted by Gasteiger charge is 2.26. The molecule has 17 heavy (non-hydrogen) atoms. The number of rotatable bonds is 2. The van der Waals surface area contributed by atoms with Crippen LogP contribution in [0.15, 0.2) is 12.1 Å². The Hall–Kier alpha value is -0.640. The Labute approximate surface area is 106 Å². The first-order chi connectivity index (χ1) is 8.11. The van der Waals surface area contributed by atoms with E-state index in [1.807, 2.05) is 0 Å². The van der Waals surface area contributed by atoms with Crippen molar-refractivity contribution in [1.29, 1.82) is 0 Å². The standard InChI is InChI=1S/C13H17ClFNO/c1-8-2-3-10(14)11(12(8)15)13(16)9-4-6-17-7-5-9/h2-3,9,13H,4-7,16H2,1H3/t13-/m0/s1. The van der Waals surface area contributed by atoms with Crippen LogP contribution in [0.5, 0.6) is 0 Å². The molecular formula is C13H17ClFNO. The van der Waals surface area contributed by atoms with E-state index < -0.39 is 0 Å². The summed E-state index contributed by atoms with van der Waals surface area (Å²) in [5.74, 6) is -0.0194. The molecule has 4 heteroatoms. The molecule has 0 amide bonds. The molecule has 94 valence electrons. The molecule has 2 nitrogen and oxygen atoms in total. The van der Waals surface area contributed by atoms with E-state index >= 15 is 0 Å². The first-order valence-corrected chi connectivity index (χ1v) is 6.27. The molecule has 0 aromatic heterocycles. The van der Waals surface area contributed by atoms with Crippen LogP contribution in [0.25, 0.3) is 0 Å². The van der Waals surface area contributed by atoms with Gasteiger partial charge in [0.05, 0.1) is 0 Å². The molecule has 1 atom stereocenters. The Morgan fingerprint density at radius 3 is 2.71 bits per heavy atom. The van der Waals surface area contributed by atoms with E-state index in [0.29, 0.717) is 29.4 Å². The monoisotopic (exact) mass is 257 g/mol. The third-order valence-electron chi connectivity index (χ3n) is 3.43. The van der Waals surface area contributed by atoms with Crippen molar-refractivity contribution < 1.29 is 9.13 Å². The minimum atomic E-state index is -0.341. The zero-order valence-electron chi connectivity index (χ0n) is 9.88. The van der Waals surface area contributed by atoms with Gasteiger partial charge in [-0.25, -0.2) is 4.39 Å². The molecule has 2 rings (SSSR count). The Morgan fingerprint density at radius 1 is 1.41 bits per heavy atom. The van der Waals surface area contributed by atoms with Crippen molar-refractivity contribution in [2.75, 3.05) is 13.2 Å². The Balaban J connectivity index is 2.29. The van der Waals surface area contributed by atoms with Crippen LogP contribution in [0, 0.1) is 18.7 Å². The predicted molar refractivity (Wildman–Crippen MR) is 66.6 cm³/mol. The Morgan fingerprint density at radius 2 is 2.06 bits per heavy atom. The van der Waals surface area contributed by atoms with Crippen molar-refractivity contribution >= 4 is 11.6 Å². The first-order valence-electron chi connectivity index (χ1n) is 5.89. The van der Waals surface area contributed by atoms with Gasteiger partial charge in [0.15, 0.2) is 0 Å². The number of aryl methyl sites for hydroxylation is 1. The van der Waals surface area contributed by atoms with Crippen LogP contribution in [0.1, 0.15) is 30.0 Å². The van der Waals surface area contributed by atoms with Crippen LogP contribution >= 0.6 is 11.6 Å². The van der Waals surface area contributed by atoms with Crippen LogP contribution in [0.3, 0.4) is 0 Å². The van der Waals surface area contributed by atoms with Gasteiger partial charge in [-0.3, -0.25) is 0 Å². The van der Waals surface area contributed by atoms with Crippen molar-refractivity contribution in [3.05, 3.63) is 34.1 Å². The third-order valence-corrected chi connectivity index (χ3v) is 3.76. The zero-order valence-corrected chi connectivity index (χ0v) is 10.6. The van der Waals surface area contributed by atoms with E-state index in [9.17, 15) is 4.39 Å². The maximum atomic E-state index is 14.1. The van der Waals surface area contributed by atoms with Gasteiger partial charge in [0, 0.05) is 29.8 Å². The summed E-state index contributed by atoms with van der Waals surface area (Å²) in [5, 5.41) is 0.423. The smallest absolute Gasteiger partial charge is 0.132 e. The summed E-state index contributed by atoms with van der Waals surface area (Å²) in [7, 11) is 0. The van der Waals surface area contributed by atoms with Gasteiger partial charge in [-0.15, -0.1) is 0 Å². The molecule has 1 aromatic rings. The van der Waals surface area contributed by atoms with Crippen LogP contribution in [-0.2, 0) is 4.74 Å². The maximum absolute atomic E-state index is 14.1. The summed E-state index contributed by atoms with van der Waals surface area (Å²) in [6, 6.07) is 3.05. The van der Waals surface area contributed by atoms with Crippen LogP contribution in [0.4, 0.5) is 4.39 Å². The van der Waals surface area contributed by atoms with Gasteiger partial charge in [0.1, 0.15) is 5.82 Å². The maximum Gasteiger partial charge on any atom is 0.132 e. The second-order valence-corrected chi connectivity index (χ2v) is 4.97. The molecule has 1 saturated heterocycles. The van der Waals surface area contributed by atoms with Gasteiger partial charge < -0.3 is 10.5 Å². The summed E-state index contributed by atoms with van der Waals surface area (Å²) in [6.45, 7) is 3.12. The topological polar surface area (TPSA) is 35.2 Å². The van der Waals surface area contributed by atoms with E-state index in [1.165, 1.54) is 0 Å². The number of nitrogens with two attached hydrogens (primary N) is 1. The van der Waals surface area contributed by atoms with Gasteiger partial charge in [-0.2, -0.15) is 0 Å². The molecule has 0 unspecified atom stereocenters. The van der Waals surface area contributed by atoms with E-state index in [4.69, 9.17) is 22.1 Å².